The summed E-state index contributed by atoms with van der Waals surface area (Å²) >= 11 is 6.19. The van der Waals surface area contributed by atoms with Crippen molar-refractivity contribution in [1.29, 1.82) is 0 Å². The number of hydrogen-bond acceptors (Lipinski definition) is 2. The summed E-state index contributed by atoms with van der Waals surface area (Å²) < 4.78 is 1.93. The standard InChI is InChI=1S/C11H16ClN3/c1-2-15-11(13-8-14-15)9-5-3-4-6-10(12)7-9/h7-8,10H,2-6H2,1H3. The van der Waals surface area contributed by atoms with Crippen LogP contribution in [-0.4, -0.2) is 20.1 Å². The first-order chi connectivity index (χ1) is 7.31. The lowest BCUT2D eigenvalue weighted by Crippen LogP contribution is -2.03. The highest BCUT2D eigenvalue weighted by Crippen LogP contribution is 2.26. The molecule has 0 N–H and O–H groups in total. The van der Waals surface area contributed by atoms with Gasteiger partial charge in [0.05, 0.1) is 5.38 Å². The van der Waals surface area contributed by atoms with Crippen molar-refractivity contribution in [3.05, 3.63) is 18.2 Å². The molecule has 0 saturated carbocycles. The zero-order valence-corrected chi connectivity index (χ0v) is 9.74. The fraction of sp³-hybridized carbons (Fsp3) is 0.636. The van der Waals surface area contributed by atoms with Crippen LogP contribution in [0.5, 0.6) is 0 Å². The van der Waals surface area contributed by atoms with Crippen molar-refractivity contribution < 1.29 is 0 Å². The maximum absolute atomic E-state index is 6.19. The Balaban J connectivity index is 2.28. The second-order valence-corrected chi connectivity index (χ2v) is 4.41. The van der Waals surface area contributed by atoms with Gasteiger partial charge in [0, 0.05) is 6.54 Å². The Kier molecular flexibility index (Phi) is 3.41. The highest BCUT2D eigenvalue weighted by molar-refractivity contribution is 6.22. The molecule has 82 valence electrons. The Bertz CT molecular complexity index is 356. The van der Waals surface area contributed by atoms with E-state index in [-0.39, 0.29) is 5.38 Å². The molecule has 2 rings (SSSR count). The number of halogens is 1. The van der Waals surface area contributed by atoms with Crippen molar-refractivity contribution in [3.8, 4) is 0 Å². The molecule has 0 aromatic carbocycles. The monoisotopic (exact) mass is 225 g/mol. The van der Waals surface area contributed by atoms with E-state index in [0.717, 1.165) is 25.2 Å². The second-order valence-electron chi connectivity index (χ2n) is 3.85. The fourth-order valence-electron chi connectivity index (χ4n) is 1.97. The maximum Gasteiger partial charge on any atom is 0.153 e. The van der Waals surface area contributed by atoms with Crippen LogP contribution in [0.25, 0.3) is 5.57 Å². The van der Waals surface area contributed by atoms with Gasteiger partial charge in [0.2, 0.25) is 0 Å². The quantitative estimate of drug-likeness (QED) is 0.725. The number of alkyl halides is 1. The van der Waals surface area contributed by atoms with E-state index in [9.17, 15) is 0 Å². The molecule has 1 atom stereocenters. The van der Waals surface area contributed by atoms with Crippen LogP contribution in [0.15, 0.2) is 12.4 Å². The van der Waals surface area contributed by atoms with E-state index >= 15 is 0 Å². The van der Waals surface area contributed by atoms with Crippen molar-refractivity contribution in [2.75, 3.05) is 0 Å². The topological polar surface area (TPSA) is 30.7 Å². The van der Waals surface area contributed by atoms with Crippen LogP contribution in [0.1, 0.15) is 38.4 Å². The highest BCUT2D eigenvalue weighted by atomic mass is 35.5. The van der Waals surface area contributed by atoms with Crippen LogP contribution in [0, 0.1) is 0 Å². The molecule has 0 aliphatic heterocycles. The first kappa shape index (κ1) is 10.7. The summed E-state index contributed by atoms with van der Waals surface area (Å²) in [7, 11) is 0. The van der Waals surface area contributed by atoms with Gasteiger partial charge in [0.25, 0.3) is 0 Å². The van der Waals surface area contributed by atoms with E-state index in [0.29, 0.717) is 0 Å². The Labute approximate surface area is 95.2 Å². The first-order valence-electron chi connectivity index (χ1n) is 5.54. The van der Waals surface area contributed by atoms with Gasteiger partial charge in [-0.2, -0.15) is 5.10 Å². The van der Waals surface area contributed by atoms with E-state index < -0.39 is 0 Å². The predicted octanol–water partition coefficient (Wildman–Crippen LogP) is 2.86. The second kappa shape index (κ2) is 4.79. The maximum atomic E-state index is 6.19. The molecule has 1 aliphatic carbocycles. The van der Waals surface area contributed by atoms with Gasteiger partial charge in [-0.25, -0.2) is 9.67 Å². The third-order valence-electron chi connectivity index (χ3n) is 2.76. The fourth-order valence-corrected chi connectivity index (χ4v) is 2.28. The molecule has 0 amide bonds. The summed E-state index contributed by atoms with van der Waals surface area (Å²) in [4.78, 5) is 4.31. The molecule has 1 aromatic heterocycles. The van der Waals surface area contributed by atoms with Gasteiger partial charge in [-0.3, -0.25) is 0 Å². The lowest BCUT2D eigenvalue weighted by atomic mass is 10.1. The molecule has 15 heavy (non-hydrogen) atoms. The third-order valence-corrected chi connectivity index (χ3v) is 3.10. The van der Waals surface area contributed by atoms with Crippen molar-refractivity contribution in [1.82, 2.24) is 14.8 Å². The molecular weight excluding hydrogens is 210 g/mol. The molecule has 3 nitrogen and oxygen atoms in total. The number of aryl methyl sites for hydroxylation is 1. The van der Waals surface area contributed by atoms with Crippen molar-refractivity contribution in [3.63, 3.8) is 0 Å². The summed E-state index contributed by atoms with van der Waals surface area (Å²) in [6, 6.07) is 0. The molecule has 1 aliphatic rings. The smallest absolute Gasteiger partial charge is 0.153 e. The molecule has 0 bridgehead atoms. The molecule has 1 aromatic rings. The van der Waals surface area contributed by atoms with E-state index in [1.807, 2.05) is 4.68 Å². The van der Waals surface area contributed by atoms with Crippen LogP contribution >= 0.6 is 11.6 Å². The molecule has 1 unspecified atom stereocenters. The first-order valence-corrected chi connectivity index (χ1v) is 5.98. The summed E-state index contributed by atoms with van der Waals surface area (Å²) in [6.45, 7) is 2.94. The summed E-state index contributed by atoms with van der Waals surface area (Å²) in [5.74, 6) is 0.991. The van der Waals surface area contributed by atoms with Crippen molar-refractivity contribution in [2.24, 2.45) is 0 Å². The summed E-state index contributed by atoms with van der Waals surface area (Å²) in [6.07, 6.45) is 8.31. The zero-order valence-electron chi connectivity index (χ0n) is 8.99. The largest absolute Gasteiger partial charge is 0.246 e. The van der Waals surface area contributed by atoms with Crippen molar-refractivity contribution in [2.45, 2.75) is 44.5 Å². The molecule has 0 saturated heterocycles. The Morgan fingerprint density at radius 2 is 2.40 bits per heavy atom. The lowest BCUT2D eigenvalue weighted by molar-refractivity contribution is 0.644. The minimum absolute atomic E-state index is 0.157. The lowest BCUT2D eigenvalue weighted by Gasteiger charge is -2.06. The average Bonchev–Trinajstić information content (AvgIpc) is 2.61. The molecule has 4 heteroatoms. The summed E-state index contributed by atoms with van der Waals surface area (Å²) in [5, 5.41) is 4.34. The summed E-state index contributed by atoms with van der Waals surface area (Å²) in [5.41, 5.74) is 1.26. The van der Waals surface area contributed by atoms with E-state index in [2.05, 4.69) is 23.1 Å². The van der Waals surface area contributed by atoms with E-state index in [1.54, 1.807) is 6.33 Å². The van der Waals surface area contributed by atoms with Gasteiger partial charge in [-0.1, -0.05) is 12.5 Å². The van der Waals surface area contributed by atoms with Crippen molar-refractivity contribution >= 4 is 17.2 Å². The van der Waals surface area contributed by atoms with E-state index in [4.69, 9.17) is 11.6 Å². The minimum Gasteiger partial charge on any atom is -0.246 e. The van der Waals surface area contributed by atoms with Gasteiger partial charge in [-0.05, 0) is 31.8 Å². The zero-order chi connectivity index (χ0) is 10.7. The number of aromatic nitrogens is 3. The Morgan fingerprint density at radius 3 is 3.20 bits per heavy atom. The van der Waals surface area contributed by atoms with Crippen LogP contribution in [0.4, 0.5) is 0 Å². The van der Waals surface area contributed by atoms with Gasteiger partial charge >= 0.3 is 0 Å². The highest BCUT2D eigenvalue weighted by Gasteiger charge is 2.14. The molecular formula is C11H16ClN3. The Hall–Kier alpha value is -0.830. The van der Waals surface area contributed by atoms with Crippen LogP contribution in [0.2, 0.25) is 0 Å². The molecule has 0 spiro atoms. The number of rotatable bonds is 2. The van der Waals surface area contributed by atoms with Crippen LogP contribution in [-0.2, 0) is 6.54 Å². The molecule has 1 heterocycles. The normalized spacial score (nSPS) is 22.3. The number of allylic oxidation sites excluding steroid dienone is 2. The predicted molar refractivity (Wildman–Crippen MR) is 61.8 cm³/mol. The Morgan fingerprint density at radius 1 is 1.53 bits per heavy atom. The number of hydrogen-bond donors (Lipinski definition) is 0. The van der Waals surface area contributed by atoms with E-state index in [1.165, 1.54) is 18.4 Å². The molecule has 0 fully saturated rings. The minimum atomic E-state index is 0.157. The van der Waals surface area contributed by atoms with Gasteiger partial charge in [0.15, 0.2) is 5.82 Å². The third kappa shape index (κ3) is 2.40. The van der Waals surface area contributed by atoms with Crippen LogP contribution < -0.4 is 0 Å². The van der Waals surface area contributed by atoms with Gasteiger partial charge in [-0.15, -0.1) is 11.6 Å². The van der Waals surface area contributed by atoms with Crippen LogP contribution in [0.3, 0.4) is 0 Å². The van der Waals surface area contributed by atoms with Gasteiger partial charge < -0.3 is 0 Å². The SMILES string of the molecule is CCn1ncnc1C1=CC(Cl)CCCC1. The number of nitrogens with zero attached hydrogens (tertiary/aromatic N) is 3. The average molecular weight is 226 g/mol. The molecule has 0 radical (unpaired) electrons. The van der Waals surface area contributed by atoms with Gasteiger partial charge in [0.1, 0.15) is 6.33 Å².